The van der Waals surface area contributed by atoms with Crippen molar-refractivity contribution in [3.05, 3.63) is 594 Å². The van der Waals surface area contributed by atoms with Crippen molar-refractivity contribution in [2.24, 2.45) is 0 Å². The molecule has 0 radical (unpaired) electrons. The summed E-state index contributed by atoms with van der Waals surface area (Å²) in [5.41, 5.74) is 38.8. The highest BCUT2D eigenvalue weighted by Crippen LogP contribution is 2.56. The van der Waals surface area contributed by atoms with E-state index in [2.05, 4.69) is 525 Å². The smallest absolute Gasteiger partial charge is 0.127 e. The third-order valence-corrected chi connectivity index (χ3v) is 25.3. The molecule has 0 saturated heterocycles. The highest BCUT2D eigenvalue weighted by Gasteiger charge is 2.46. The van der Waals surface area contributed by atoms with E-state index in [0.29, 0.717) is 0 Å². The predicted octanol–water partition coefficient (Wildman–Crippen LogP) is 35.1. The molecule has 131 heavy (non-hydrogen) atoms. The van der Waals surface area contributed by atoms with E-state index in [4.69, 9.17) is 4.74 Å². The lowest BCUT2D eigenvalue weighted by molar-refractivity contribution is 0.482. The maximum atomic E-state index is 5.69. The van der Waals surface area contributed by atoms with Crippen LogP contribution in [0.5, 0.6) is 11.5 Å². The SMILES string of the molecule is Cc1ccc(-c2ccc(C)cc2)cc1.Cc1ccc(C(C)(C)c2ccc(C)cc2)cc1.Cc1ccc(C(c2ccccc2)(c2ccccc2)c2ccc(C)cc2)cc1.Cc1ccc(C)cc1.Cc1ccc(C2(c3ccc(C)cc3)c3ccccc3-c3ccccc32)cc1.Cc1ccc(Oc2ccc(C)cc2)cc1.Cc1ccc(Sc2ccc(C)cc2)cc1.Cc1cccc(C)c1. The van der Waals surface area contributed by atoms with Crippen molar-refractivity contribution < 1.29 is 4.74 Å². The van der Waals surface area contributed by atoms with Crippen LogP contribution in [-0.2, 0) is 16.2 Å². The molecule has 18 aromatic carbocycles. The second kappa shape index (κ2) is 46.4. The van der Waals surface area contributed by atoms with E-state index in [1.807, 2.05) is 48.5 Å². The molecule has 0 aromatic heterocycles. The van der Waals surface area contributed by atoms with Crippen LogP contribution in [0.3, 0.4) is 0 Å². The quantitative estimate of drug-likeness (QED) is 0.106. The number of fused-ring (bicyclic) bond motifs is 3. The van der Waals surface area contributed by atoms with Gasteiger partial charge in [-0.1, -0.05) is 515 Å². The highest BCUT2D eigenvalue weighted by atomic mass is 32.2. The Morgan fingerprint density at radius 3 is 0.687 bits per heavy atom. The van der Waals surface area contributed by atoms with Gasteiger partial charge in [-0.3, -0.25) is 0 Å². The van der Waals surface area contributed by atoms with E-state index in [-0.39, 0.29) is 16.2 Å². The summed E-state index contributed by atoms with van der Waals surface area (Å²) in [6.07, 6.45) is 0. The summed E-state index contributed by atoms with van der Waals surface area (Å²) in [7, 11) is 0. The molecule has 1 aliphatic rings. The molecule has 0 bridgehead atoms. The topological polar surface area (TPSA) is 9.23 Å². The minimum Gasteiger partial charge on any atom is -0.457 e. The second-order valence-electron chi connectivity index (χ2n) is 35.6. The highest BCUT2D eigenvalue weighted by molar-refractivity contribution is 7.99. The molecule has 0 amide bonds. The van der Waals surface area contributed by atoms with Crippen LogP contribution >= 0.6 is 11.8 Å². The lowest BCUT2D eigenvalue weighted by Crippen LogP contribution is -2.31. The van der Waals surface area contributed by atoms with Crippen LogP contribution in [0.2, 0.25) is 0 Å². The van der Waals surface area contributed by atoms with Crippen molar-refractivity contribution in [2.45, 2.75) is 151 Å². The normalized spacial score (nSPS) is 11.2. The standard InChI is InChI=1S/C27H22.C27H24.C17H20.C14H14O.C14H14S.C14H14.2C8H10/c1-19-11-15-21(16-12-19)27(22-17-13-20(2)14-18-22)25-9-5-3-7-23(25)24-8-4-6-10-26(24)27;1-21-13-17-25(18-14-21)27(23-9-5-3-6-10-23,24-11-7-4-8-12-24)26-19-15-22(2)16-20-26;1-13-5-9-15(10-6-13)17(3,4)16-11-7-14(2)8-12-16;2*1-11-3-7-13(8-4-11)15-14-9-5-12(2)6-10-14;1-11-3-7-13(8-4-11)14-9-5-12(2)6-10-14;1-7-3-5-8(2)6-4-7;1-7-4-3-5-8(2)6-7/h3-18H,1-2H3;3-20H,1-2H3;5-12H,1-4H3;2*3-10H,1-2H3;3-10H,1-2H3;2*3-6H,1-2H3. The Labute approximate surface area is 788 Å². The van der Waals surface area contributed by atoms with E-state index in [1.165, 1.54) is 177 Å². The maximum Gasteiger partial charge on any atom is 0.127 e. The number of ether oxygens (including phenoxy) is 1. The molecule has 2 heteroatoms. The fraction of sp³-hybridized carbons (Fsp3) is 0.163. The molecule has 656 valence electrons. The van der Waals surface area contributed by atoms with Gasteiger partial charge in [-0.05, 0) is 237 Å². The van der Waals surface area contributed by atoms with Gasteiger partial charge in [0.15, 0.2) is 0 Å². The molecule has 0 aliphatic heterocycles. The largest absolute Gasteiger partial charge is 0.457 e. The summed E-state index contributed by atoms with van der Waals surface area (Å²) in [4.78, 5) is 2.59. The second-order valence-corrected chi connectivity index (χ2v) is 36.8. The molecule has 18 aromatic rings. The van der Waals surface area contributed by atoms with Crippen molar-refractivity contribution in [1.29, 1.82) is 0 Å². The number of hydrogen-bond acceptors (Lipinski definition) is 2. The van der Waals surface area contributed by atoms with E-state index < -0.39 is 0 Å². The lowest BCUT2D eigenvalue weighted by atomic mass is 9.65. The number of rotatable bonds is 13. The van der Waals surface area contributed by atoms with E-state index >= 15 is 0 Å². The van der Waals surface area contributed by atoms with Crippen LogP contribution < -0.4 is 4.74 Å². The molecule has 0 atom stereocenters. The average Bonchev–Trinajstić information content (AvgIpc) is 1.55. The fourth-order valence-electron chi connectivity index (χ4n) is 16.4. The molecular weight excluding hydrogens is 1600 g/mol. The van der Waals surface area contributed by atoms with Crippen molar-refractivity contribution in [2.75, 3.05) is 0 Å². The third kappa shape index (κ3) is 26.2. The van der Waals surface area contributed by atoms with E-state index in [0.717, 1.165) is 11.5 Å². The van der Waals surface area contributed by atoms with Gasteiger partial charge < -0.3 is 4.74 Å². The molecule has 0 spiro atoms. The van der Waals surface area contributed by atoms with Gasteiger partial charge in [0.25, 0.3) is 0 Å². The Kier molecular flexibility index (Phi) is 34.1. The molecule has 0 heterocycles. The summed E-state index contributed by atoms with van der Waals surface area (Å²) in [6, 6.07) is 161. The summed E-state index contributed by atoms with van der Waals surface area (Å²) in [5, 5.41) is 0. The van der Waals surface area contributed by atoms with Crippen LogP contribution in [0, 0.1) is 111 Å². The zero-order chi connectivity index (χ0) is 92.9. The van der Waals surface area contributed by atoms with Crippen LogP contribution in [0.4, 0.5) is 0 Å². The van der Waals surface area contributed by atoms with Crippen LogP contribution in [-0.4, -0.2) is 0 Å². The van der Waals surface area contributed by atoms with Crippen molar-refractivity contribution in [1.82, 2.24) is 0 Å². The van der Waals surface area contributed by atoms with Gasteiger partial charge in [-0.25, -0.2) is 0 Å². The molecule has 0 unspecified atom stereocenters. The molecule has 1 aliphatic carbocycles. The van der Waals surface area contributed by atoms with Gasteiger partial charge in [0.2, 0.25) is 0 Å². The van der Waals surface area contributed by atoms with Gasteiger partial charge in [0.05, 0.1) is 10.8 Å². The molecule has 1 nitrogen and oxygen atoms in total. The van der Waals surface area contributed by atoms with Crippen LogP contribution in [0.1, 0.15) is 158 Å². The summed E-state index contributed by atoms with van der Waals surface area (Å²) in [5.74, 6) is 1.76. The Balaban J connectivity index is 0.000000140. The molecule has 0 saturated carbocycles. The van der Waals surface area contributed by atoms with Gasteiger partial charge in [0.1, 0.15) is 11.5 Å². The first-order valence-corrected chi connectivity index (χ1v) is 46.6. The zero-order valence-corrected chi connectivity index (χ0v) is 80.9. The van der Waals surface area contributed by atoms with Gasteiger partial charge in [0, 0.05) is 15.2 Å². The first kappa shape index (κ1) is 96.2. The fourth-order valence-corrected chi connectivity index (χ4v) is 17.2. The summed E-state index contributed by atoms with van der Waals surface area (Å²) < 4.78 is 5.69. The minimum absolute atomic E-state index is 0.0708. The first-order valence-electron chi connectivity index (χ1n) is 45.8. The Morgan fingerprint density at radius 2 is 0.412 bits per heavy atom. The molecule has 19 rings (SSSR count). The predicted molar refractivity (Wildman–Crippen MR) is 564 cm³/mol. The molecule has 0 N–H and O–H groups in total. The van der Waals surface area contributed by atoms with Crippen molar-refractivity contribution in [3.8, 4) is 33.8 Å². The maximum absolute atomic E-state index is 5.69. The average molecular weight is 1730 g/mol. The first-order chi connectivity index (χ1) is 63.2. The Bertz CT molecular complexity index is 5920. The van der Waals surface area contributed by atoms with E-state index in [1.54, 1.807) is 11.8 Å². The summed E-state index contributed by atoms with van der Waals surface area (Å²) in [6.45, 7) is 38.4. The minimum atomic E-state index is -0.343. The van der Waals surface area contributed by atoms with Crippen LogP contribution in [0.25, 0.3) is 22.3 Å². The van der Waals surface area contributed by atoms with Gasteiger partial charge in [-0.15, -0.1) is 0 Å². The molecular formula is C129H128OS. The van der Waals surface area contributed by atoms with Crippen molar-refractivity contribution >= 4 is 11.8 Å². The number of benzene rings is 18. The summed E-state index contributed by atoms with van der Waals surface area (Å²) >= 11 is 1.80. The molecule has 0 fully saturated rings. The van der Waals surface area contributed by atoms with Gasteiger partial charge in [-0.2, -0.15) is 0 Å². The Hall–Kier alpha value is -13.9. The van der Waals surface area contributed by atoms with E-state index in [9.17, 15) is 0 Å². The Morgan fingerprint density at radius 1 is 0.191 bits per heavy atom. The van der Waals surface area contributed by atoms with Crippen molar-refractivity contribution in [3.63, 3.8) is 0 Å². The lowest BCUT2D eigenvalue weighted by Gasteiger charge is -2.37. The zero-order valence-electron chi connectivity index (χ0n) is 80.0. The monoisotopic (exact) mass is 1720 g/mol. The number of aryl methyl sites for hydroxylation is 16. The number of hydrogen-bond donors (Lipinski definition) is 0. The van der Waals surface area contributed by atoms with Gasteiger partial charge >= 0.3 is 0 Å². The van der Waals surface area contributed by atoms with Crippen LogP contribution in [0.15, 0.2) is 459 Å². The third-order valence-electron chi connectivity index (χ3n) is 24.2.